The molecule has 2 aliphatic rings. The van der Waals surface area contributed by atoms with Gasteiger partial charge in [-0.3, -0.25) is 4.79 Å². The summed E-state index contributed by atoms with van der Waals surface area (Å²) in [5.74, 6) is 0.794. The van der Waals surface area contributed by atoms with Crippen molar-refractivity contribution < 1.29 is 14.3 Å². The molecule has 3 rings (SSSR count). The van der Waals surface area contributed by atoms with Gasteiger partial charge in [-0.1, -0.05) is 6.92 Å². The second kappa shape index (κ2) is 8.52. The van der Waals surface area contributed by atoms with Gasteiger partial charge in [0.15, 0.2) is 6.61 Å². The molecule has 0 aromatic carbocycles. The first-order valence-corrected chi connectivity index (χ1v) is 9.69. The molecule has 0 unspecified atom stereocenters. The van der Waals surface area contributed by atoms with Crippen LogP contribution in [0, 0.1) is 5.92 Å². The van der Waals surface area contributed by atoms with Gasteiger partial charge in [0.2, 0.25) is 0 Å². The quantitative estimate of drug-likeness (QED) is 0.757. The molecule has 6 heteroatoms. The number of nitrogens with zero attached hydrogens (tertiary/aromatic N) is 3. The van der Waals surface area contributed by atoms with E-state index in [1.807, 2.05) is 7.05 Å². The molecule has 0 spiro atoms. The molecule has 1 aliphatic heterocycles. The molecule has 26 heavy (non-hydrogen) atoms. The Morgan fingerprint density at radius 3 is 2.62 bits per heavy atom. The molecule has 1 saturated heterocycles. The van der Waals surface area contributed by atoms with E-state index in [-0.39, 0.29) is 18.6 Å². The molecule has 1 aliphatic carbocycles. The van der Waals surface area contributed by atoms with E-state index in [9.17, 15) is 9.59 Å². The number of hydrogen-bond donors (Lipinski definition) is 0. The summed E-state index contributed by atoms with van der Waals surface area (Å²) in [6.07, 6.45) is 8.25. The molecule has 1 aromatic rings. The van der Waals surface area contributed by atoms with Crippen molar-refractivity contribution in [2.75, 3.05) is 31.6 Å². The Labute approximate surface area is 155 Å². The van der Waals surface area contributed by atoms with Gasteiger partial charge in [0.1, 0.15) is 11.4 Å². The van der Waals surface area contributed by atoms with E-state index in [0.29, 0.717) is 11.4 Å². The number of carbonyl (C=O) groups excluding carboxylic acids is 2. The second-order valence-corrected chi connectivity index (χ2v) is 7.56. The zero-order chi connectivity index (χ0) is 18.5. The number of likely N-dealkylation sites (N-methyl/N-ethyl adjacent to an activating group) is 1. The summed E-state index contributed by atoms with van der Waals surface area (Å²) in [6.45, 7) is 3.85. The summed E-state index contributed by atoms with van der Waals surface area (Å²) in [6, 6.07) is 3.71. The molecular weight excluding hydrogens is 330 g/mol. The Morgan fingerprint density at radius 2 is 1.92 bits per heavy atom. The smallest absolute Gasteiger partial charge is 0.342 e. The number of pyridine rings is 1. The van der Waals surface area contributed by atoms with Gasteiger partial charge >= 0.3 is 5.97 Å². The van der Waals surface area contributed by atoms with Crippen LogP contribution in [0.4, 0.5) is 5.82 Å². The number of hydrogen-bond acceptors (Lipinski definition) is 5. The maximum atomic E-state index is 12.5. The van der Waals surface area contributed by atoms with E-state index in [1.54, 1.807) is 23.2 Å². The largest absolute Gasteiger partial charge is 0.452 e. The van der Waals surface area contributed by atoms with E-state index >= 15 is 0 Å². The lowest BCUT2D eigenvalue weighted by Gasteiger charge is -2.33. The number of carbonyl (C=O) groups is 2. The Bertz CT molecular complexity index is 635. The van der Waals surface area contributed by atoms with Gasteiger partial charge < -0.3 is 14.5 Å². The summed E-state index contributed by atoms with van der Waals surface area (Å²) in [7, 11) is 1.82. The van der Waals surface area contributed by atoms with Crippen LogP contribution in [0.3, 0.4) is 0 Å². The molecule has 0 radical (unpaired) electrons. The van der Waals surface area contributed by atoms with Crippen LogP contribution in [0.1, 0.15) is 55.8 Å². The van der Waals surface area contributed by atoms with Gasteiger partial charge in [0.25, 0.3) is 5.91 Å². The van der Waals surface area contributed by atoms with E-state index in [4.69, 9.17) is 4.74 Å². The Kier molecular flexibility index (Phi) is 6.12. The van der Waals surface area contributed by atoms with Crippen molar-refractivity contribution in [1.82, 2.24) is 9.88 Å². The predicted octanol–water partition coefficient (Wildman–Crippen LogP) is 2.88. The fourth-order valence-electron chi connectivity index (χ4n) is 3.88. The van der Waals surface area contributed by atoms with Crippen LogP contribution in [0.15, 0.2) is 18.3 Å². The molecule has 1 saturated carbocycles. The molecule has 2 fully saturated rings. The standard InChI is InChI=1S/C20H29N3O3/c1-15-7-9-16(10-8-15)22(2)18(24)14-26-20(25)17-6-5-11-21-19(17)23-12-3-4-13-23/h5-6,11,15-16H,3-4,7-10,12-14H2,1-2H3. The highest BCUT2D eigenvalue weighted by Crippen LogP contribution is 2.26. The van der Waals surface area contributed by atoms with Crippen molar-refractivity contribution in [3.63, 3.8) is 0 Å². The molecule has 0 N–H and O–H groups in total. The minimum Gasteiger partial charge on any atom is -0.452 e. The summed E-state index contributed by atoms with van der Waals surface area (Å²) in [5, 5.41) is 0. The highest BCUT2D eigenvalue weighted by atomic mass is 16.5. The normalized spacial score (nSPS) is 22.9. The van der Waals surface area contributed by atoms with Crippen LogP contribution in [-0.4, -0.2) is 54.5 Å². The number of aromatic nitrogens is 1. The molecule has 1 amide bonds. The third-order valence-electron chi connectivity index (χ3n) is 5.67. The second-order valence-electron chi connectivity index (χ2n) is 7.56. The number of esters is 1. The van der Waals surface area contributed by atoms with Crippen LogP contribution >= 0.6 is 0 Å². The van der Waals surface area contributed by atoms with Crippen molar-refractivity contribution in [1.29, 1.82) is 0 Å². The van der Waals surface area contributed by atoms with E-state index in [2.05, 4.69) is 16.8 Å². The molecule has 2 heterocycles. The number of ether oxygens (including phenoxy) is 1. The van der Waals surface area contributed by atoms with Crippen LogP contribution in [0.25, 0.3) is 0 Å². The molecule has 0 bridgehead atoms. The summed E-state index contributed by atoms with van der Waals surface area (Å²) >= 11 is 0. The first kappa shape index (κ1) is 18.7. The van der Waals surface area contributed by atoms with Crippen LogP contribution in [0.2, 0.25) is 0 Å². The molecular formula is C20H29N3O3. The van der Waals surface area contributed by atoms with Gasteiger partial charge in [-0.25, -0.2) is 9.78 Å². The van der Waals surface area contributed by atoms with Crippen molar-refractivity contribution in [3.05, 3.63) is 23.9 Å². The summed E-state index contributed by atoms with van der Waals surface area (Å²) in [4.78, 5) is 33.1. The maximum Gasteiger partial charge on any atom is 0.342 e. The minimum absolute atomic E-state index is 0.135. The topological polar surface area (TPSA) is 62.7 Å². The fraction of sp³-hybridized carbons (Fsp3) is 0.650. The molecule has 1 aromatic heterocycles. The first-order valence-electron chi connectivity index (χ1n) is 9.69. The minimum atomic E-state index is -0.473. The summed E-state index contributed by atoms with van der Waals surface area (Å²) < 4.78 is 5.33. The fourth-order valence-corrected chi connectivity index (χ4v) is 3.88. The molecule has 0 atom stereocenters. The Hall–Kier alpha value is -2.11. The molecule has 6 nitrogen and oxygen atoms in total. The summed E-state index contributed by atoms with van der Waals surface area (Å²) in [5.41, 5.74) is 0.441. The number of anilines is 1. The average molecular weight is 359 g/mol. The molecule has 142 valence electrons. The van der Waals surface area contributed by atoms with Gasteiger partial charge in [0, 0.05) is 32.4 Å². The van der Waals surface area contributed by atoms with Crippen molar-refractivity contribution in [2.24, 2.45) is 5.92 Å². The van der Waals surface area contributed by atoms with Crippen LogP contribution < -0.4 is 4.90 Å². The van der Waals surface area contributed by atoms with E-state index in [1.165, 1.54) is 0 Å². The van der Waals surface area contributed by atoms with Gasteiger partial charge in [0.05, 0.1) is 0 Å². The van der Waals surface area contributed by atoms with Crippen LogP contribution in [-0.2, 0) is 9.53 Å². The Morgan fingerprint density at radius 1 is 1.23 bits per heavy atom. The third kappa shape index (κ3) is 4.34. The highest BCUT2D eigenvalue weighted by molar-refractivity contribution is 5.96. The third-order valence-corrected chi connectivity index (χ3v) is 5.67. The van der Waals surface area contributed by atoms with Crippen LogP contribution in [0.5, 0.6) is 0 Å². The van der Waals surface area contributed by atoms with Gasteiger partial charge in [-0.2, -0.15) is 0 Å². The maximum absolute atomic E-state index is 12.5. The SMILES string of the molecule is CC1CCC(N(C)C(=O)COC(=O)c2cccnc2N2CCCC2)CC1. The lowest BCUT2D eigenvalue weighted by molar-refractivity contribution is -0.136. The average Bonchev–Trinajstić information content (AvgIpc) is 3.20. The number of amides is 1. The Balaban J connectivity index is 1.56. The van der Waals surface area contributed by atoms with Gasteiger partial charge in [-0.05, 0) is 56.6 Å². The number of rotatable bonds is 5. The zero-order valence-corrected chi connectivity index (χ0v) is 15.8. The van der Waals surface area contributed by atoms with E-state index < -0.39 is 5.97 Å². The van der Waals surface area contributed by atoms with E-state index in [0.717, 1.165) is 57.5 Å². The van der Waals surface area contributed by atoms with Crippen molar-refractivity contribution in [3.8, 4) is 0 Å². The zero-order valence-electron chi connectivity index (χ0n) is 15.8. The lowest BCUT2D eigenvalue weighted by Crippen LogP contribution is -2.41. The highest BCUT2D eigenvalue weighted by Gasteiger charge is 2.26. The monoisotopic (exact) mass is 359 g/mol. The lowest BCUT2D eigenvalue weighted by atomic mass is 9.87. The van der Waals surface area contributed by atoms with Gasteiger partial charge in [-0.15, -0.1) is 0 Å². The van der Waals surface area contributed by atoms with Crippen molar-refractivity contribution in [2.45, 2.75) is 51.5 Å². The predicted molar refractivity (Wildman–Crippen MR) is 100 cm³/mol. The first-order chi connectivity index (χ1) is 12.6. The van der Waals surface area contributed by atoms with Crippen molar-refractivity contribution >= 4 is 17.7 Å².